The monoisotopic (exact) mass is 1760 g/mol. The van der Waals surface area contributed by atoms with Gasteiger partial charge in [0.1, 0.15) is 12.0 Å². The molecule has 0 atom stereocenters. The first-order chi connectivity index (χ1) is 62.3. The minimum atomic E-state index is -1.48. The van der Waals surface area contributed by atoms with Crippen molar-refractivity contribution in [3.05, 3.63) is 95.1 Å². The molecule has 0 bridgehead atoms. The fourth-order valence-corrected chi connectivity index (χ4v) is 16.5. The lowest BCUT2D eigenvalue weighted by molar-refractivity contribution is -0.175. The van der Waals surface area contributed by atoms with E-state index in [0.717, 1.165) is 165 Å². The molecule has 4 aromatic rings. The van der Waals surface area contributed by atoms with Crippen LogP contribution in [0.15, 0.2) is 72.8 Å². The van der Waals surface area contributed by atoms with Crippen LogP contribution in [-0.4, -0.2) is 78.6 Å². The lowest BCUT2D eigenvalue weighted by atomic mass is 9.91. The maximum absolute atomic E-state index is 16.1. The second-order valence-corrected chi connectivity index (χ2v) is 37.0. The number of ether oxygens (including phenoxy) is 12. The molecule has 13 nitrogen and oxygen atoms in total. The molecule has 0 aliphatic heterocycles. The molecule has 0 heterocycles. The smallest absolute Gasteiger partial charge is 0.319 e. The van der Waals surface area contributed by atoms with Crippen molar-refractivity contribution in [1.82, 2.24) is 0 Å². The van der Waals surface area contributed by atoms with Crippen LogP contribution >= 0.6 is 0 Å². The van der Waals surface area contributed by atoms with E-state index >= 15 is 4.79 Å². The average molecular weight is 1760 g/mol. The van der Waals surface area contributed by atoms with E-state index in [1.807, 2.05) is 36.4 Å². The van der Waals surface area contributed by atoms with Crippen LogP contribution in [0.1, 0.15) is 489 Å². The molecule has 0 aromatic heterocycles. The van der Waals surface area contributed by atoms with Gasteiger partial charge in [-0.1, -0.05) is 439 Å². The Kier molecular flexibility index (Phi) is 74.2. The number of esters is 1. The lowest BCUT2D eigenvalue weighted by Crippen LogP contribution is -2.45. The molecule has 0 unspecified atom stereocenters. The molecule has 13 heteroatoms. The Labute approximate surface area is 775 Å². The predicted molar refractivity (Wildman–Crippen MR) is 532 cm³/mol. The largest absolute Gasteiger partial charge is 0.490 e. The highest BCUT2D eigenvalue weighted by atomic mass is 16.6. The van der Waals surface area contributed by atoms with Crippen LogP contribution in [0.3, 0.4) is 0 Å². The first-order valence-corrected chi connectivity index (χ1v) is 53.7. The van der Waals surface area contributed by atoms with E-state index in [-0.39, 0.29) is 46.2 Å². The van der Waals surface area contributed by atoms with Gasteiger partial charge in [-0.25, -0.2) is 0 Å². The van der Waals surface area contributed by atoms with E-state index in [0.29, 0.717) is 58.6 Å². The maximum atomic E-state index is 16.1. The lowest BCUT2D eigenvalue weighted by Gasteiger charge is -2.31. The average Bonchev–Trinajstić information content (AvgIpc) is 0.817. The van der Waals surface area contributed by atoms with E-state index in [1.165, 1.54) is 308 Å². The highest BCUT2D eigenvalue weighted by Crippen LogP contribution is 2.37. The molecule has 0 radical (unpaired) electrons. The van der Waals surface area contributed by atoms with Crippen LogP contribution in [0.2, 0.25) is 0 Å². The van der Waals surface area contributed by atoms with Crippen LogP contribution in [0, 0.1) is 5.41 Å². The van der Waals surface area contributed by atoms with Gasteiger partial charge in [0.15, 0.2) is 46.0 Å². The highest BCUT2D eigenvalue weighted by Gasteiger charge is 2.42. The van der Waals surface area contributed by atoms with Gasteiger partial charge in [-0.15, -0.1) is 0 Å². The first-order valence-electron chi connectivity index (χ1n) is 53.7. The minimum absolute atomic E-state index is 0.0209. The molecule has 0 saturated carbocycles. The van der Waals surface area contributed by atoms with Crippen molar-refractivity contribution in [2.45, 2.75) is 493 Å². The third kappa shape index (κ3) is 59.1. The van der Waals surface area contributed by atoms with Crippen LogP contribution < -0.4 is 37.9 Å². The molecular formula is C113H194O13. The van der Waals surface area contributed by atoms with Crippen molar-refractivity contribution in [1.29, 1.82) is 0 Å². The van der Waals surface area contributed by atoms with Crippen molar-refractivity contribution in [3.63, 3.8) is 0 Å². The molecule has 724 valence electrons. The Morgan fingerprint density at radius 3 is 0.516 bits per heavy atom. The van der Waals surface area contributed by atoms with E-state index in [1.54, 1.807) is 0 Å². The summed E-state index contributed by atoms with van der Waals surface area (Å²) < 4.78 is 80.9. The number of hydrogen-bond donors (Lipinski definition) is 0. The summed E-state index contributed by atoms with van der Waals surface area (Å²) in [5, 5.41) is 0. The topological polar surface area (TPSA) is 128 Å². The Balaban J connectivity index is 1.82. The Morgan fingerprint density at radius 2 is 0.341 bits per heavy atom. The minimum Gasteiger partial charge on any atom is -0.490 e. The molecule has 0 aliphatic carbocycles. The molecule has 0 aliphatic rings. The first kappa shape index (κ1) is 113. The van der Waals surface area contributed by atoms with E-state index in [4.69, 9.17) is 56.8 Å². The molecule has 4 rings (SSSR count). The summed E-state index contributed by atoms with van der Waals surface area (Å²) in [5.74, 6) is 5.32. The van der Waals surface area contributed by atoms with Crippen molar-refractivity contribution < 1.29 is 61.6 Å². The van der Waals surface area contributed by atoms with Crippen molar-refractivity contribution >= 4 is 5.97 Å². The zero-order valence-electron chi connectivity index (χ0n) is 83.1. The molecule has 0 spiro atoms. The number of unbranched alkanes of at least 4 members (excludes halogenated alkanes) is 56. The third-order valence-corrected chi connectivity index (χ3v) is 24.8. The molecule has 4 aromatic carbocycles. The van der Waals surface area contributed by atoms with Crippen molar-refractivity contribution in [2.75, 3.05) is 72.7 Å². The summed E-state index contributed by atoms with van der Waals surface area (Å²) in [6.45, 7) is 23.4. The summed E-state index contributed by atoms with van der Waals surface area (Å²) in [5.41, 5.74) is 2.03. The Hall–Kier alpha value is -5.37. The van der Waals surface area contributed by atoms with Gasteiger partial charge in [-0.05, 0) is 122 Å². The predicted octanol–water partition coefficient (Wildman–Crippen LogP) is 34.5. The molecule has 0 amide bonds. The molecule has 0 N–H and O–H groups in total. The molecule has 0 saturated heterocycles. The zero-order valence-corrected chi connectivity index (χ0v) is 83.1. The van der Waals surface area contributed by atoms with E-state index in [2.05, 4.69) is 91.8 Å². The summed E-state index contributed by atoms with van der Waals surface area (Å²) in [6, 6.07) is 24.6. The van der Waals surface area contributed by atoms with Crippen molar-refractivity contribution in [3.8, 4) is 46.0 Å². The Morgan fingerprint density at radius 1 is 0.190 bits per heavy atom. The van der Waals surface area contributed by atoms with Gasteiger partial charge in [0.2, 0.25) is 0 Å². The summed E-state index contributed by atoms with van der Waals surface area (Å²) in [4.78, 5) is 16.1. The van der Waals surface area contributed by atoms with Gasteiger partial charge in [0, 0.05) is 0 Å². The molecular weight excluding hydrogens is 1570 g/mol. The highest BCUT2D eigenvalue weighted by molar-refractivity contribution is 5.77. The zero-order chi connectivity index (χ0) is 89.8. The van der Waals surface area contributed by atoms with Crippen LogP contribution in [0.4, 0.5) is 0 Å². The Bertz CT molecular complexity index is 2840. The number of rotatable bonds is 95. The van der Waals surface area contributed by atoms with Gasteiger partial charge in [0.25, 0.3) is 0 Å². The summed E-state index contributed by atoms with van der Waals surface area (Å²) >= 11 is 0. The summed E-state index contributed by atoms with van der Waals surface area (Å²) in [6.07, 6.45) is 78.1. The van der Waals surface area contributed by atoms with Gasteiger partial charge < -0.3 is 56.8 Å². The van der Waals surface area contributed by atoms with Crippen LogP contribution in [0.25, 0.3) is 0 Å². The van der Waals surface area contributed by atoms with Gasteiger partial charge >= 0.3 is 5.97 Å². The van der Waals surface area contributed by atoms with Gasteiger partial charge in [-0.2, -0.15) is 0 Å². The number of benzene rings is 4. The normalized spacial score (nSPS) is 11.6. The molecule has 0 fully saturated rings. The second-order valence-electron chi connectivity index (χ2n) is 37.0. The fourth-order valence-electron chi connectivity index (χ4n) is 16.5. The van der Waals surface area contributed by atoms with Gasteiger partial charge in [0.05, 0.1) is 92.5 Å². The SMILES string of the molecule is CCCCCCCCCCOc1ccc(COCC(COCc2ccc(OCCCCCCCCCC)c(OCCCCCCCCCC)c2)(COCc2ccc(OCCCCCCCCCC)c(OCCCCCCCCCC)c2)C(=O)OCc2ccc(OCCCCCCCCCC)c(OCCCCCCCCCC)c2)cc1OCCCCCCCCCC. The maximum Gasteiger partial charge on any atom is 0.319 e. The number of carbonyl (C=O) groups is 1. The van der Waals surface area contributed by atoms with E-state index < -0.39 is 11.4 Å². The second kappa shape index (κ2) is 82.8. The van der Waals surface area contributed by atoms with Crippen molar-refractivity contribution in [2.24, 2.45) is 5.41 Å². The van der Waals surface area contributed by atoms with Gasteiger partial charge in [-0.3, -0.25) is 4.79 Å². The van der Waals surface area contributed by atoms with Crippen LogP contribution in [-0.2, 0) is 50.2 Å². The fraction of sp³-hybridized carbons (Fsp3) is 0.779. The quantitative estimate of drug-likeness (QED) is 0.0308. The summed E-state index contributed by atoms with van der Waals surface area (Å²) in [7, 11) is 0. The van der Waals surface area contributed by atoms with E-state index in [9.17, 15) is 0 Å². The van der Waals surface area contributed by atoms with Crippen LogP contribution in [0.5, 0.6) is 46.0 Å². The third-order valence-electron chi connectivity index (χ3n) is 24.8. The molecule has 126 heavy (non-hydrogen) atoms. The standard InChI is InChI=1S/C113H194O13/c1-9-17-25-33-41-49-57-65-81-118-104-77-73-100(89-108(104)122-85-69-61-53-45-37-29-21-13-5)93-115-97-113(98-116-94-101-74-78-105(119-82-66-58-50-42-34-26-18-10-2)109(90-101)123-86-70-62-54-46-38-30-22-14-6,99-117-95-102-75-79-106(120-83-67-59-51-43-35-27-19-11-3)110(91-102)124-87-71-63-55-47-39-31-23-15-7)112(114)126-96-103-76-80-107(121-84-68-60-52-44-36-28-20-12-4)111(92-103)125-88-72-64-56-48-40-32-24-16-8/h73-80,89-92H,9-72,81-88,93-99H2,1-8H3. The number of hydrogen-bond acceptors (Lipinski definition) is 13. The number of carbonyl (C=O) groups excluding carboxylic acids is 1.